The predicted molar refractivity (Wildman–Crippen MR) is 92.0 cm³/mol. The van der Waals surface area contributed by atoms with E-state index in [9.17, 15) is 4.79 Å². The monoisotopic (exact) mass is 368 g/mol. The average molecular weight is 369 g/mol. The van der Waals surface area contributed by atoms with E-state index in [4.69, 9.17) is 0 Å². The van der Waals surface area contributed by atoms with Gasteiger partial charge in [-0.15, -0.1) is 11.3 Å². The average Bonchev–Trinajstić information content (AvgIpc) is 3.03. The van der Waals surface area contributed by atoms with Crippen molar-refractivity contribution in [3.8, 4) is 0 Å². The van der Waals surface area contributed by atoms with E-state index in [-0.39, 0.29) is 11.9 Å². The van der Waals surface area contributed by atoms with Crippen LogP contribution in [0, 0.1) is 6.92 Å². The number of amides is 1. The van der Waals surface area contributed by atoms with Crippen LogP contribution in [0.15, 0.2) is 28.9 Å². The first-order chi connectivity index (χ1) is 9.93. The zero-order chi connectivity index (χ0) is 15.6. The molecule has 2 rings (SSSR count). The van der Waals surface area contributed by atoms with E-state index in [1.807, 2.05) is 28.8 Å². The van der Waals surface area contributed by atoms with Crippen LogP contribution in [0.4, 0.5) is 0 Å². The molecule has 114 valence electrons. The van der Waals surface area contributed by atoms with Crippen LogP contribution < -0.4 is 0 Å². The summed E-state index contributed by atoms with van der Waals surface area (Å²) in [6.45, 7) is 7.13. The molecule has 1 atom stereocenters. The van der Waals surface area contributed by atoms with Gasteiger partial charge in [-0.3, -0.25) is 4.79 Å². The Kier molecular flexibility index (Phi) is 5.27. The zero-order valence-electron chi connectivity index (χ0n) is 12.9. The number of rotatable bonds is 5. The smallest absolute Gasteiger partial charge is 0.270 e. The Balaban J connectivity index is 2.22. The molecule has 3 nitrogen and oxygen atoms in total. The van der Waals surface area contributed by atoms with Crippen molar-refractivity contribution in [3.05, 3.63) is 44.3 Å². The SMILES string of the molecule is CCCn1cc(Br)cc1C(=O)N(C)C(C)c1ccc(C)s1. The largest absolute Gasteiger partial charge is 0.342 e. The predicted octanol–water partition coefficient (Wildman–Crippen LogP) is 4.86. The summed E-state index contributed by atoms with van der Waals surface area (Å²) >= 11 is 5.21. The number of nitrogens with zero attached hydrogens (tertiary/aromatic N) is 2. The first kappa shape index (κ1) is 16.3. The van der Waals surface area contributed by atoms with Crippen molar-refractivity contribution >= 4 is 33.2 Å². The molecule has 0 fully saturated rings. The lowest BCUT2D eigenvalue weighted by Gasteiger charge is -2.24. The maximum Gasteiger partial charge on any atom is 0.270 e. The number of hydrogen-bond donors (Lipinski definition) is 0. The Morgan fingerprint density at radius 2 is 2.19 bits per heavy atom. The number of aromatic nitrogens is 1. The molecule has 21 heavy (non-hydrogen) atoms. The fraction of sp³-hybridized carbons (Fsp3) is 0.438. The standard InChI is InChI=1S/C16H21BrN2OS/c1-5-8-19-10-13(17)9-14(19)16(20)18(4)12(3)15-7-6-11(2)21-15/h6-7,9-10,12H,5,8H2,1-4H3. The molecule has 2 heterocycles. The van der Waals surface area contributed by atoms with Gasteiger partial charge in [0.1, 0.15) is 5.69 Å². The van der Waals surface area contributed by atoms with Crippen LogP contribution >= 0.6 is 27.3 Å². The third-order valence-electron chi connectivity index (χ3n) is 3.62. The Hall–Kier alpha value is -1.07. The molecule has 2 aromatic heterocycles. The molecule has 5 heteroatoms. The second-order valence-electron chi connectivity index (χ2n) is 5.28. The number of carbonyl (C=O) groups is 1. The maximum absolute atomic E-state index is 12.8. The van der Waals surface area contributed by atoms with E-state index in [0.717, 1.165) is 23.1 Å². The third kappa shape index (κ3) is 3.58. The molecule has 1 unspecified atom stereocenters. The summed E-state index contributed by atoms with van der Waals surface area (Å²) in [5.74, 6) is 0.0627. The lowest BCUT2D eigenvalue weighted by atomic mass is 10.2. The van der Waals surface area contributed by atoms with Crippen molar-refractivity contribution in [2.75, 3.05) is 7.05 Å². The summed E-state index contributed by atoms with van der Waals surface area (Å²) in [6.07, 6.45) is 2.98. The summed E-state index contributed by atoms with van der Waals surface area (Å²) in [4.78, 5) is 17.1. The Bertz CT molecular complexity index is 632. The lowest BCUT2D eigenvalue weighted by molar-refractivity contribution is 0.0734. The molecule has 0 aliphatic heterocycles. The molecule has 0 spiro atoms. The number of hydrogen-bond acceptors (Lipinski definition) is 2. The molecule has 0 aliphatic carbocycles. The molecular weight excluding hydrogens is 348 g/mol. The van der Waals surface area contributed by atoms with Crippen molar-refractivity contribution in [1.82, 2.24) is 9.47 Å². The van der Waals surface area contributed by atoms with E-state index in [1.165, 1.54) is 9.75 Å². The van der Waals surface area contributed by atoms with E-state index in [1.54, 1.807) is 11.3 Å². The summed E-state index contributed by atoms with van der Waals surface area (Å²) in [5, 5.41) is 0. The molecule has 0 aliphatic rings. The lowest BCUT2D eigenvalue weighted by Crippen LogP contribution is -2.30. The topological polar surface area (TPSA) is 25.2 Å². The molecule has 2 aromatic rings. The van der Waals surface area contributed by atoms with Crippen molar-refractivity contribution < 1.29 is 4.79 Å². The second-order valence-corrected chi connectivity index (χ2v) is 7.51. The maximum atomic E-state index is 12.8. The van der Waals surface area contributed by atoms with Crippen LogP contribution in [0.3, 0.4) is 0 Å². The van der Waals surface area contributed by atoms with Gasteiger partial charge in [-0.25, -0.2) is 0 Å². The van der Waals surface area contributed by atoms with Crippen molar-refractivity contribution in [2.45, 2.75) is 39.8 Å². The highest BCUT2D eigenvalue weighted by molar-refractivity contribution is 9.10. The fourth-order valence-electron chi connectivity index (χ4n) is 2.31. The molecule has 0 bridgehead atoms. The van der Waals surface area contributed by atoms with Gasteiger partial charge >= 0.3 is 0 Å². The molecular formula is C16H21BrN2OS. The zero-order valence-corrected chi connectivity index (χ0v) is 15.3. The van der Waals surface area contributed by atoms with Crippen LogP contribution in [-0.4, -0.2) is 22.4 Å². The minimum Gasteiger partial charge on any atom is -0.342 e. The molecule has 0 aromatic carbocycles. The molecule has 0 N–H and O–H groups in total. The normalized spacial score (nSPS) is 12.4. The molecule has 0 radical (unpaired) electrons. The van der Waals surface area contributed by atoms with Crippen LogP contribution in [0.1, 0.15) is 46.6 Å². The second kappa shape index (κ2) is 6.79. The Labute approximate surface area is 138 Å². The number of carbonyl (C=O) groups excluding carboxylic acids is 1. The van der Waals surface area contributed by atoms with Gasteiger partial charge in [0, 0.05) is 34.0 Å². The van der Waals surface area contributed by atoms with Gasteiger partial charge in [0.25, 0.3) is 5.91 Å². The number of aryl methyl sites for hydroxylation is 2. The molecule has 1 amide bonds. The highest BCUT2D eigenvalue weighted by atomic mass is 79.9. The fourth-order valence-corrected chi connectivity index (χ4v) is 3.74. The van der Waals surface area contributed by atoms with Crippen LogP contribution in [-0.2, 0) is 6.54 Å². The van der Waals surface area contributed by atoms with Crippen LogP contribution in [0.2, 0.25) is 0 Å². The van der Waals surface area contributed by atoms with Gasteiger partial charge in [0.05, 0.1) is 6.04 Å². The summed E-state index contributed by atoms with van der Waals surface area (Å²) in [7, 11) is 1.87. The minimum atomic E-state index is 0.0627. The van der Waals surface area contributed by atoms with Crippen molar-refractivity contribution in [3.63, 3.8) is 0 Å². The van der Waals surface area contributed by atoms with Crippen molar-refractivity contribution in [2.24, 2.45) is 0 Å². The van der Waals surface area contributed by atoms with Crippen molar-refractivity contribution in [1.29, 1.82) is 0 Å². The first-order valence-electron chi connectivity index (χ1n) is 7.13. The quantitative estimate of drug-likeness (QED) is 0.739. The van der Waals surface area contributed by atoms with Gasteiger partial charge in [0.15, 0.2) is 0 Å². The highest BCUT2D eigenvalue weighted by Crippen LogP contribution is 2.28. The summed E-state index contributed by atoms with van der Waals surface area (Å²) < 4.78 is 2.97. The third-order valence-corrected chi connectivity index (χ3v) is 5.23. The van der Waals surface area contributed by atoms with Gasteiger partial charge in [-0.05, 0) is 54.4 Å². The van der Waals surface area contributed by atoms with Gasteiger partial charge < -0.3 is 9.47 Å². The summed E-state index contributed by atoms with van der Waals surface area (Å²) in [5.41, 5.74) is 0.742. The number of thiophene rings is 1. The minimum absolute atomic E-state index is 0.0627. The van der Waals surface area contributed by atoms with E-state index in [2.05, 4.69) is 48.8 Å². The Morgan fingerprint density at radius 1 is 1.48 bits per heavy atom. The molecule has 0 saturated heterocycles. The molecule has 0 saturated carbocycles. The van der Waals surface area contributed by atoms with E-state index < -0.39 is 0 Å². The highest BCUT2D eigenvalue weighted by Gasteiger charge is 2.22. The summed E-state index contributed by atoms with van der Waals surface area (Å²) in [6, 6.07) is 6.20. The van der Waals surface area contributed by atoms with E-state index in [0.29, 0.717) is 0 Å². The van der Waals surface area contributed by atoms with Gasteiger partial charge in [0.2, 0.25) is 0 Å². The van der Waals surface area contributed by atoms with Gasteiger partial charge in [-0.1, -0.05) is 6.92 Å². The Morgan fingerprint density at radius 3 is 2.76 bits per heavy atom. The van der Waals surface area contributed by atoms with Crippen LogP contribution in [0.25, 0.3) is 0 Å². The van der Waals surface area contributed by atoms with Crippen LogP contribution in [0.5, 0.6) is 0 Å². The number of halogens is 1. The van der Waals surface area contributed by atoms with Gasteiger partial charge in [-0.2, -0.15) is 0 Å². The first-order valence-corrected chi connectivity index (χ1v) is 8.74. The van der Waals surface area contributed by atoms with E-state index >= 15 is 0 Å².